The number of hydrogen-bond acceptors (Lipinski definition) is 2. The number of benzene rings is 2. The maximum atomic E-state index is 11.1. The highest BCUT2D eigenvalue weighted by Gasteiger charge is 2.40. The Morgan fingerprint density at radius 2 is 1.81 bits per heavy atom. The monoisotopic (exact) mass is 277 g/mol. The third-order valence-electron chi connectivity index (χ3n) is 4.61. The molecule has 21 heavy (non-hydrogen) atoms. The maximum Gasteiger partial charge on any atom is 0.335 e. The van der Waals surface area contributed by atoms with Crippen LogP contribution in [0, 0.1) is 5.92 Å². The lowest BCUT2D eigenvalue weighted by Crippen LogP contribution is -2.34. The third kappa shape index (κ3) is 1.88. The second-order valence-electron chi connectivity index (χ2n) is 5.73. The molecule has 2 aliphatic rings. The molecule has 2 aromatic carbocycles. The zero-order chi connectivity index (χ0) is 14.4. The predicted molar refractivity (Wildman–Crippen MR) is 81.5 cm³/mol. The molecule has 3 nitrogen and oxygen atoms in total. The second-order valence-corrected chi connectivity index (χ2v) is 5.73. The molecular formula is C18H15NO2. The Bertz CT molecular complexity index is 749. The molecule has 1 aliphatic heterocycles. The van der Waals surface area contributed by atoms with Crippen LogP contribution in [0.15, 0.2) is 53.5 Å². The van der Waals surface area contributed by atoms with Crippen LogP contribution in [0.25, 0.3) is 0 Å². The van der Waals surface area contributed by atoms with Crippen molar-refractivity contribution < 1.29 is 9.90 Å². The van der Waals surface area contributed by atoms with Gasteiger partial charge in [-0.3, -0.25) is 4.99 Å². The molecule has 0 spiro atoms. The van der Waals surface area contributed by atoms with E-state index in [9.17, 15) is 4.79 Å². The summed E-state index contributed by atoms with van der Waals surface area (Å²) >= 11 is 0. The van der Waals surface area contributed by atoms with Gasteiger partial charge in [0.2, 0.25) is 0 Å². The highest BCUT2D eigenvalue weighted by molar-refractivity contribution is 6.06. The van der Waals surface area contributed by atoms with E-state index in [2.05, 4.69) is 12.1 Å². The lowest BCUT2D eigenvalue weighted by Gasteiger charge is -2.41. The molecule has 0 radical (unpaired) electrons. The van der Waals surface area contributed by atoms with Crippen molar-refractivity contribution in [2.24, 2.45) is 10.9 Å². The Morgan fingerprint density at radius 3 is 2.48 bits per heavy atom. The van der Waals surface area contributed by atoms with Gasteiger partial charge in [-0.05, 0) is 48.1 Å². The molecule has 1 aliphatic carbocycles. The van der Waals surface area contributed by atoms with Crippen LogP contribution in [0.1, 0.15) is 40.2 Å². The van der Waals surface area contributed by atoms with Crippen molar-refractivity contribution in [3.63, 3.8) is 0 Å². The van der Waals surface area contributed by atoms with E-state index in [4.69, 9.17) is 10.1 Å². The van der Waals surface area contributed by atoms with Crippen LogP contribution in [-0.2, 0) is 0 Å². The normalized spacial score (nSPS) is 22.6. The number of aromatic carboxylic acids is 1. The van der Waals surface area contributed by atoms with Crippen molar-refractivity contribution in [3.05, 3.63) is 65.2 Å². The van der Waals surface area contributed by atoms with Crippen molar-refractivity contribution in [1.29, 1.82) is 0 Å². The molecule has 4 rings (SSSR count). The van der Waals surface area contributed by atoms with E-state index in [0.29, 0.717) is 17.4 Å². The zero-order valence-electron chi connectivity index (χ0n) is 11.5. The Hall–Kier alpha value is -2.42. The van der Waals surface area contributed by atoms with Crippen LogP contribution in [-0.4, -0.2) is 16.8 Å². The summed E-state index contributed by atoms with van der Waals surface area (Å²) in [7, 11) is 0. The van der Waals surface area contributed by atoms with E-state index in [1.807, 2.05) is 24.3 Å². The minimum absolute atomic E-state index is 0.359. The van der Waals surface area contributed by atoms with Crippen LogP contribution in [0.4, 0.5) is 5.69 Å². The fourth-order valence-electron chi connectivity index (χ4n) is 3.39. The second kappa shape index (κ2) is 4.55. The summed E-state index contributed by atoms with van der Waals surface area (Å²) < 4.78 is 0. The standard InChI is InChI=1S/C18H15NO2/c20-18(21)12-6-9-16-15(10-12)13-7-8-14(13)17(19-16)11-4-2-1-3-5-11/h1-6,9-10,13-14H,7-8H2,(H,20,21). The molecule has 0 saturated heterocycles. The number of fused-ring (bicyclic) bond motifs is 3. The number of carboxylic acid groups (broad SMARTS) is 1. The van der Waals surface area contributed by atoms with Gasteiger partial charge >= 0.3 is 5.97 Å². The van der Waals surface area contributed by atoms with Gasteiger partial charge in [0.15, 0.2) is 0 Å². The summed E-state index contributed by atoms with van der Waals surface area (Å²) in [6.07, 6.45) is 2.25. The highest BCUT2D eigenvalue weighted by Crippen LogP contribution is 2.51. The van der Waals surface area contributed by atoms with Crippen molar-refractivity contribution >= 4 is 17.4 Å². The molecule has 1 saturated carbocycles. The molecule has 2 atom stereocenters. The fourth-order valence-corrected chi connectivity index (χ4v) is 3.39. The average Bonchev–Trinajstić information content (AvgIpc) is 2.47. The van der Waals surface area contributed by atoms with Gasteiger partial charge in [-0.2, -0.15) is 0 Å². The van der Waals surface area contributed by atoms with E-state index in [1.165, 1.54) is 5.56 Å². The molecule has 0 bridgehead atoms. The van der Waals surface area contributed by atoms with Gasteiger partial charge in [0.05, 0.1) is 17.0 Å². The molecule has 104 valence electrons. The third-order valence-corrected chi connectivity index (χ3v) is 4.61. The zero-order valence-corrected chi connectivity index (χ0v) is 11.5. The number of carboxylic acids is 1. The summed E-state index contributed by atoms with van der Waals surface area (Å²) in [6.45, 7) is 0. The first-order chi connectivity index (χ1) is 10.2. The Morgan fingerprint density at radius 1 is 1.05 bits per heavy atom. The van der Waals surface area contributed by atoms with Crippen LogP contribution in [0.5, 0.6) is 0 Å². The van der Waals surface area contributed by atoms with Crippen molar-refractivity contribution in [1.82, 2.24) is 0 Å². The van der Waals surface area contributed by atoms with E-state index in [-0.39, 0.29) is 0 Å². The van der Waals surface area contributed by atoms with Gasteiger partial charge < -0.3 is 5.11 Å². The summed E-state index contributed by atoms with van der Waals surface area (Å²) in [5.74, 6) is -0.0116. The number of rotatable bonds is 2. The first kappa shape index (κ1) is 12.3. The Balaban J connectivity index is 1.84. The van der Waals surface area contributed by atoms with E-state index in [1.54, 1.807) is 12.1 Å². The van der Waals surface area contributed by atoms with Gasteiger partial charge in [-0.25, -0.2) is 4.79 Å². The van der Waals surface area contributed by atoms with Gasteiger partial charge in [0.1, 0.15) is 0 Å². The molecule has 0 aromatic heterocycles. The summed E-state index contributed by atoms with van der Waals surface area (Å²) in [5, 5.41) is 9.15. The lowest BCUT2D eigenvalue weighted by atomic mass is 9.64. The molecule has 1 fully saturated rings. The van der Waals surface area contributed by atoms with E-state index in [0.717, 1.165) is 29.8 Å². The topological polar surface area (TPSA) is 49.7 Å². The predicted octanol–water partition coefficient (Wildman–Crippen LogP) is 4.01. The van der Waals surface area contributed by atoms with Gasteiger partial charge in [0.25, 0.3) is 0 Å². The average molecular weight is 277 g/mol. The molecule has 2 aromatic rings. The molecule has 3 heteroatoms. The van der Waals surface area contributed by atoms with Crippen LogP contribution < -0.4 is 0 Å². The molecule has 2 unspecified atom stereocenters. The summed E-state index contributed by atoms with van der Waals surface area (Å²) in [6, 6.07) is 15.6. The Labute approximate surface area is 123 Å². The first-order valence-corrected chi connectivity index (χ1v) is 7.25. The van der Waals surface area contributed by atoms with Crippen LogP contribution in [0.2, 0.25) is 0 Å². The summed E-state index contributed by atoms with van der Waals surface area (Å²) in [5.41, 5.74) is 4.73. The number of aliphatic imine (C=N–C) groups is 1. The van der Waals surface area contributed by atoms with Crippen LogP contribution in [0.3, 0.4) is 0 Å². The smallest absolute Gasteiger partial charge is 0.335 e. The van der Waals surface area contributed by atoms with Crippen LogP contribution >= 0.6 is 0 Å². The number of nitrogens with zero attached hydrogens (tertiary/aromatic N) is 1. The molecular weight excluding hydrogens is 262 g/mol. The maximum absolute atomic E-state index is 11.1. The molecule has 1 N–H and O–H groups in total. The minimum atomic E-state index is -0.869. The minimum Gasteiger partial charge on any atom is -0.478 e. The van der Waals surface area contributed by atoms with Crippen molar-refractivity contribution in [2.45, 2.75) is 18.8 Å². The Kier molecular flexibility index (Phi) is 2.67. The largest absolute Gasteiger partial charge is 0.478 e. The van der Waals surface area contributed by atoms with Crippen molar-refractivity contribution in [3.8, 4) is 0 Å². The van der Waals surface area contributed by atoms with E-state index < -0.39 is 5.97 Å². The molecule has 0 amide bonds. The SMILES string of the molecule is O=C(O)c1ccc2c(c1)C1CCC1C(c1ccccc1)=N2. The highest BCUT2D eigenvalue weighted by atomic mass is 16.4. The fraction of sp³-hybridized carbons (Fsp3) is 0.222. The summed E-state index contributed by atoms with van der Waals surface area (Å²) in [4.78, 5) is 16.0. The van der Waals surface area contributed by atoms with E-state index >= 15 is 0 Å². The van der Waals surface area contributed by atoms with Gasteiger partial charge in [-0.1, -0.05) is 30.3 Å². The quantitative estimate of drug-likeness (QED) is 0.901. The number of hydrogen-bond donors (Lipinski definition) is 1. The van der Waals surface area contributed by atoms with Gasteiger partial charge in [0, 0.05) is 5.92 Å². The lowest BCUT2D eigenvalue weighted by molar-refractivity contribution is 0.0696. The first-order valence-electron chi connectivity index (χ1n) is 7.25. The van der Waals surface area contributed by atoms with Crippen molar-refractivity contribution in [2.75, 3.05) is 0 Å². The molecule has 1 heterocycles. The van der Waals surface area contributed by atoms with Gasteiger partial charge in [-0.15, -0.1) is 0 Å². The number of carbonyl (C=O) groups is 1.